The summed E-state index contributed by atoms with van der Waals surface area (Å²) >= 11 is 0. The van der Waals surface area contributed by atoms with Crippen molar-refractivity contribution in [1.82, 2.24) is 10.3 Å². The van der Waals surface area contributed by atoms with E-state index in [1.807, 2.05) is 18.3 Å². The lowest BCUT2D eigenvalue weighted by molar-refractivity contribution is 0.0959. The molecule has 0 bridgehead atoms. The minimum atomic E-state index is -0.195. The molecule has 1 aliphatic carbocycles. The van der Waals surface area contributed by atoms with Crippen molar-refractivity contribution in [2.24, 2.45) is 0 Å². The van der Waals surface area contributed by atoms with Crippen molar-refractivity contribution in [3.8, 4) is 0 Å². The topological polar surface area (TPSA) is 54.4 Å². The summed E-state index contributed by atoms with van der Waals surface area (Å²) in [5, 5.41) is 13.1. The van der Waals surface area contributed by atoms with E-state index in [1.54, 1.807) is 0 Å². The number of hydrogen-bond acceptors (Lipinski definition) is 4. The van der Waals surface area contributed by atoms with Crippen molar-refractivity contribution in [1.29, 1.82) is 0 Å². The van der Waals surface area contributed by atoms with E-state index in [9.17, 15) is 5.11 Å². The molecule has 0 spiro atoms. The number of aromatic nitrogens is 1. The molecular weight excluding hydrogens is 228 g/mol. The maximum Gasteiger partial charge on any atom is 0.0675 e. The molecule has 18 heavy (non-hydrogen) atoms. The third-order valence-corrected chi connectivity index (χ3v) is 4.16. The number of nitrogens with zero attached hydrogens (tertiary/aromatic N) is 1. The van der Waals surface area contributed by atoms with Crippen molar-refractivity contribution in [3.05, 3.63) is 30.1 Å². The fourth-order valence-corrected chi connectivity index (χ4v) is 2.92. The molecule has 0 amide bonds. The van der Waals surface area contributed by atoms with E-state index < -0.39 is 0 Å². The zero-order valence-corrected chi connectivity index (χ0v) is 10.5. The highest BCUT2D eigenvalue weighted by molar-refractivity contribution is 5.15. The summed E-state index contributed by atoms with van der Waals surface area (Å²) in [5.74, 6) is 0.571. The summed E-state index contributed by atoms with van der Waals surface area (Å²) in [7, 11) is 0. The Kier molecular flexibility index (Phi) is 3.33. The van der Waals surface area contributed by atoms with Crippen LogP contribution in [0.4, 0.5) is 0 Å². The minimum absolute atomic E-state index is 0.164. The molecule has 0 aromatic carbocycles. The number of aliphatic hydroxyl groups excluding tert-OH is 1. The van der Waals surface area contributed by atoms with Gasteiger partial charge in [0.15, 0.2) is 0 Å². The van der Waals surface area contributed by atoms with E-state index in [0.29, 0.717) is 18.6 Å². The molecule has 4 nitrogen and oxygen atoms in total. The smallest absolute Gasteiger partial charge is 0.0675 e. The first-order valence-electron chi connectivity index (χ1n) is 6.69. The third kappa shape index (κ3) is 2.28. The number of ether oxygens (including phenoxy) is 1. The Labute approximate surface area is 107 Å². The molecule has 4 heteroatoms. The maximum atomic E-state index is 9.51. The van der Waals surface area contributed by atoms with Crippen LogP contribution in [0.1, 0.15) is 30.9 Å². The first-order valence-corrected chi connectivity index (χ1v) is 6.69. The average Bonchev–Trinajstić information content (AvgIpc) is 2.84. The predicted octanol–water partition coefficient (Wildman–Crippen LogP) is 1.07. The molecule has 2 fully saturated rings. The van der Waals surface area contributed by atoms with Gasteiger partial charge in [0, 0.05) is 30.5 Å². The van der Waals surface area contributed by atoms with E-state index in [1.165, 1.54) is 5.69 Å². The van der Waals surface area contributed by atoms with Gasteiger partial charge in [0.1, 0.15) is 0 Å². The van der Waals surface area contributed by atoms with Crippen LogP contribution in [0.15, 0.2) is 24.4 Å². The van der Waals surface area contributed by atoms with E-state index in [2.05, 4.69) is 16.4 Å². The van der Waals surface area contributed by atoms with Gasteiger partial charge in [-0.1, -0.05) is 6.07 Å². The second-order valence-corrected chi connectivity index (χ2v) is 5.51. The van der Waals surface area contributed by atoms with Crippen LogP contribution in [0, 0.1) is 0 Å². The van der Waals surface area contributed by atoms with Gasteiger partial charge in [-0.2, -0.15) is 0 Å². The summed E-state index contributed by atoms with van der Waals surface area (Å²) in [5.41, 5.74) is 0.996. The van der Waals surface area contributed by atoms with Gasteiger partial charge in [0.05, 0.1) is 18.8 Å². The molecule has 1 unspecified atom stereocenters. The summed E-state index contributed by atoms with van der Waals surface area (Å²) in [6, 6.07) is 6.59. The second-order valence-electron chi connectivity index (χ2n) is 5.51. The van der Waals surface area contributed by atoms with Gasteiger partial charge in [0.2, 0.25) is 0 Å². The van der Waals surface area contributed by atoms with Crippen molar-refractivity contribution in [2.75, 3.05) is 19.8 Å². The van der Waals surface area contributed by atoms with Crippen LogP contribution in [0.25, 0.3) is 0 Å². The van der Waals surface area contributed by atoms with Crippen LogP contribution in [0.3, 0.4) is 0 Å². The second kappa shape index (κ2) is 4.96. The SMILES string of the molecule is OCC1(NC2CC(c3ccccn3)C2)CCOC1. The normalized spacial score (nSPS) is 35.4. The quantitative estimate of drug-likeness (QED) is 0.837. The third-order valence-electron chi connectivity index (χ3n) is 4.16. The van der Waals surface area contributed by atoms with Crippen molar-refractivity contribution < 1.29 is 9.84 Å². The van der Waals surface area contributed by atoms with E-state index in [4.69, 9.17) is 4.74 Å². The summed E-state index contributed by atoms with van der Waals surface area (Å²) in [6.45, 7) is 1.55. The van der Waals surface area contributed by atoms with Gasteiger partial charge in [-0.15, -0.1) is 0 Å². The molecule has 2 N–H and O–H groups in total. The van der Waals surface area contributed by atoms with Gasteiger partial charge >= 0.3 is 0 Å². The van der Waals surface area contributed by atoms with Gasteiger partial charge in [-0.25, -0.2) is 0 Å². The molecule has 1 atom stereocenters. The van der Waals surface area contributed by atoms with Crippen LogP contribution in [-0.2, 0) is 4.74 Å². The van der Waals surface area contributed by atoms with Gasteiger partial charge in [-0.3, -0.25) is 4.98 Å². The Morgan fingerprint density at radius 2 is 2.33 bits per heavy atom. The Bertz CT molecular complexity index is 384. The lowest BCUT2D eigenvalue weighted by atomic mass is 9.76. The summed E-state index contributed by atoms with van der Waals surface area (Å²) in [4.78, 5) is 4.40. The molecule has 1 aliphatic heterocycles. The van der Waals surface area contributed by atoms with Crippen molar-refractivity contribution in [2.45, 2.75) is 36.8 Å². The van der Waals surface area contributed by atoms with E-state index >= 15 is 0 Å². The van der Waals surface area contributed by atoms with Crippen LogP contribution in [-0.4, -0.2) is 41.5 Å². The average molecular weight is 248 g/mol. The Morgan fingerprint density at radius 3 is 2.94 bits per heavy atom. The van der Waals surface area contributed by atoms with Crippen LogP contribution >= 0.6 is 0 Å². The van der Waals surface area contributed by atoms with Crippen molar-refractivity contribution >= 4 is 0 Å². The zero-order chi connectivity index (χ0) is 12.4. The first kappa shape index (κ1) is 12.1. The van der Waals surface area contributed by atoms with Gasteiger partial charge in [0.25, 0.3) is 0 Å². The number of nitrogens with one attached hydrogen (secondary N) is 1. The standard InChI is InChI=1S/C14H20N2O2/c17-9-14(4-6-18-10-14)16-12-7-11(8-12)13-3-1-2-5-15-13/h1-3,5,11-12,16-17H,4,6-10H2. The molecule has 0 radical (unpaired) electrons. The Hall–Kier alpha value is -0.970. The van der Waals surface area contributed by atoms with Crippen molar-refractivity contribution in [3.63, 3.8) is 0 Å². The summed E-state index contributed by atoms with van der Waals surface area (Å²) in [6.07, 6.45) is 4.99. The molecule has 2 heterocycles. The van der Waals surface area contributed by atoms with E-state index in [0.717, 1.165) is 25.9 Å². The fraction of sp³-hybridized carbons (Fsp3) is 0.643. The van der Waals surface area contributed by atoms with Gasteiger partial charge < -0.3 is 15.2 Å². The molecule has 1 aromatic rings. The molecule has 1 saturated heterocycles. The van der Waals surface area contributed by atoms with Gasteiger partial charge in [-0.05, 0) is 31.4 Å². The Morgan fingerprint density at radius 1 is 1.44 bits per heavy atom. The lowest BCUT2D eigenvalue weighted by Gasteiger charge is -2.41. The predicted molar refractivity (Wildman–Crippen MR) is 68.4 cm³/mol. The van der Waals surface area contributed by atoms with Crippen LogP contribution < -0.4 is 5.32 Å². The first-order chi connectivity index (χ1) is 8.81. The highest BCUT2D eigenvalue weighted by atomic mass is 16.5. The molecule has 3 rings (SSSR count). The lowest BCUT2D eigenvalue weighted by Crippen LogP contribution is -2.56. The molecule has 98 valence electrons. The number of hydrogen-bond donors (Lipinski definition) is 2. The molecule has 2 aliphatic rings. The highest BCUT2D eigenvalue weighted by Gasteiger charge is 2.40. The van der Waals surface area contributed by atoms with Crippen LogP contribution in [0.5, 0.6) is 0 Å². The summed E-state index contributed by atoms with van der Waals surface area (Å²) < 4.78 is 5.40. The minimum Gasteiger partial charge on any atom is -0.394 e. The highest BCUT2D eigenvalue weighted by Crippen LogP contribution is 2.37. The largest absolute Gasteiger partial charge is 0.394 e. The Balaban J connectivity index is 1.53. The zero-order valence-electron chi connectivity index (χ0n) is 10.5. The monoisotopic (exact) mass is 248 g/mol. The molecule has 1 saturated carbocycles. The van der Waals surface area contributed by atoms with E-state index in [-0.39, 0.29) is 12.1 Å². The van der Waals surface area contributed by atoms with Crippen LogP contribution in [0.2, 0.25) is 0 Å². The molecule has 1 aromatic heterocycles. The number of rotatable bonds is 4. The maximum absolute atomic E-state index is 9.51. The molecular formula is C14H20N2O2. The number of aliphatic hydroxyl groups is 1. The number of pyridine rings is 1. The fourth-order valence-electron chi connectivity index (χ4n) is 2.92.